The summed E-state index contributed by atoms with van der Waals surface area (Å²) in [5, 5.41) is 12.2. The molecule has 1 rings (SSSR count). The van der Waals surface area contributed by atoms with Crippen LogP contribution in [0.5, 0.6) is 0 Å². The van der Waals surface area contributed by atoms with Crippen molar-refractivity contribution in [2.75, 3.05) is 23.9 Å². The van der Waals surface area contributed by atoms with Crippen LogP contribution in [-0.4, -0.2) is 27.7 Å². The van der Waals surface area contributed by atoms with Gasteiger partial charge in [0.05, 0.1) is 5.56 Å². The van der Waals surface area contributed by atoms with Crippen molar-refractivity contribution >= 4 is 16.6 Å². The summed E-state index contributed by atoms with van der Waals surface area (Å²) in [6, 6.07) is 4.05. The van der Waals surface area contributed by atoms with E-state index in [0.717, 1.165) is 17.7 Å². The van der Waals surface area contributed by atoms with E-state index < -0.39 is 10.8 Å². The fourth-order valence-electron chi connectivity index (χ4n) is 1.59. The molecule has 0 aliphatic rings. The van der Waals surface area contributed by atoms with Crippen molar-refractivity contribution in [2.45, 2.75) is 20.3 Å². The molecular formula is C12H17N3OS. The van der Waals surface area contributed by atoms with E-state index in [9.17, 15) is 4.21 Å². The van der Waals surface area contributed by atoms with Crippen molar-refractivity contribution in [3.05, 3.63) is 22.9 Å². The van der Waals surface area contributed by atoms with Gasteiger partial charge in [0, 0.05) is 35.0 Å². The van der Waals surface area contributed by atoms with Gasteiger partial charge in [-0.3, -0.25) is 4.21 Å². The molecule has 0 fully saturated rings. The summed E-state index contributed by atoms with van der Waals surface area (Å²) in [6.45, 7) is 4.49. The summed E-state index contributed by atoms with van der Waals surface area (Å²) in [4.78, 5) is 4.31. The number of aryl methyl sites for hydroxylation is 2. The standard InChI is InChI=1S/C12H17N3OS/c1-9-7-10(2)15-12(11(9)8-13)14-5-4-6-17(3)16/h7H,4-6H2,1-3H3,(H,14,15). The summed E-state index contributed by atoms with van der Waals surface area (Å²) < 4.78 is 10.9. The van der Waals surface area contributed by atoms with E-state index in [1.807, 2.05) is 19.9 Å². The van der Waals surface area contributed by atoms with Crippen molar-refractivity contribution < 1.29 is 4.21 Å². The smallest absolute Gasteiger partial charge is 0.144 e. The molecule has 17 heavy (non-hydrogen) atoms. The Hall–Kier alpha value is -1.41. The van der Waals surface area contributed by atoms with Crippen molar-refractivity contribution in [2.24, 2.45) is 0 Å². The van der Waals surface area contributed by atoms with Gasteiger partial charge < -0.3 is 5.32 Å². The van der Waals surface area contributed by atoms with Gasteiger partial charge in [-0.15, -0.1) is 0 Å². The number of rotatable bonds is 5. The Labute approximate surface area is 105 Å². The van der Waals surface area contributed by atoms with Gasteiger partial charge in [-0.2, -0.15) is 5.26 Å². The molecule has 0 amide bonds. The first-order chi connectivity index (χ1) is 8.04. The normalized spacial score (nSPS) is 11.9. The Balaban J connectivity index is 2.70. The maximum Gasteiger partial charge on any atom is 0.144 e. The largest absolute Gasteiger partial charge is 0.369 e. The van der Waals surface area contributed by atoms with Gasteiger partial charge in [-0.25, -0.2) is 4.98 Å². The van der Waals surface area contributed by atoms with Gasteiger partial charge in [0.2, 0.25) is 0 Å². The predicted octanol–water partition coefficient (Wildman–Crippen LogP) is 1.75. The van der Waals surface area contributed by atoms with Crippen LogP contribution in [0.15, 0.2) is 6.07 Å². The Morgan fingerprint density at radius 2 is 2.24 bits per heavy atom. The van der Waals surface area contributed by atoms with E-state index in [1.54, 1.807) is 6.26 Å². The molecule has 0 spiro atoms. The highest BCUT2D eigenvalue weighted by atomic mass is 32.2. The van der Waals surface area contributed by atoms with Gasteiger partial charge in [-0.1, -0.05) is 0 Å². The van der Waals surface area contributed by atoms with Crippen LogP contribution < -0.4 is 5.32 Å². The third-order valence-corrected chi connectivity index (χ3v) is 3.22. The molecule has 0 aliphatic carbocycles. The molecule has 0 aromatic carbocycles. The Bertz CT molecular complexity index is 466. The minimum Gasteiger partial charge on any atom is -0.369 e. The van der Waals surface area contributed by atoms with E-state index in [1.165, 1.54) is 0 Å². The molecule has 1 N–H and O–H groups in total. The minimum atomic E-state index is -0.765. The summed E-state index contributed by atoms with van der Waals surface area (Å²) in [6.07, 6.45) is 2.50. The number of hydrogen-bond acceptors (Lipinski definition) is 4. The maximum absolute atomic E-state index is 10.9. The Kier molecular flexibility index (Phi) is 5.11. The van der Waals surface area contributed by atoms with Crippen LogP contribution >= 0.6 is 0 Å². The minimum absolute atomic E-state index is 0.591. The molecule has 0 saturated carbocycles. The highest BCUT2D eigenvalue weighted by Crippen LogP contribution is 2.17. The molecular weight excluding hydrogens is 234 g/mol. The van der Waals surface area contributed by atoms with Gasteiger partial charge in [-0.05, 0) is 31.9 Å². The predicted molar refractivity (Wildman–Crippen MR) is 70.5 cm³/mol. The molecule has 1 atom stereocenters. The summed E-state index contributed by atoms with van der Waals surface area (Å²) in [7, 11) is -0.765. The lowest BCUT2D eigenvalue weighted by molar-refractivity contribution is 0.685. The zero-order valence-electron chi connectivity index (χ0n) is 10.4. The fourth-order valence-corrected chi connectivity index (χ4v) is 2.14. The summed E-state index contributed by atoms with van der Waals surface area (Å²) >= 11 is 0. The van der Waals surface area contributed by atoms with Gasteiger partial charge in [0.25, 0.3) is 0 Å². The molecule has 1 unspecified atom stereocenters. The van der Waals surface area contributed by atoms with Crippen molar-refractivity contribution in [3.8, 4) is 6.07 Å². The topological polar surface area (TPSA) is 65.8 Å². The molecule has 4 nitrogen and oxygen atoms in total. The summed E-state index contributed by atoms with van der Waals surface area (Å²) in [5.41, 5.74) is 2.41. The molecule has 0 bridgehead atoms. The third-order valence-electron chi connectivity index (χ3n) is 2.36. The number of hydrogen-bond donors (Lipinski definition) is 1. The van der Waals surface area contributed by atoms with Crippen LogP contribution in [0.25, 0.3) is 0 Å². The van der Waals surface area contributed by atoms with E-state index >= 15 is 0 Å². The first kappa shape index (κ1) is 13.7. The maximum atomic E-state index is 10.9. The van der Waals surface area contributed by atoms with E-state index in [-0.39, 0.29) is 0 Å². The van der Waals surface area contributed by atoms with Crippen molar-refractivity contribution in [3.63, 3.8) is 0 Å². The highest BCUT2D eigenvalue weighted by Gasteiger charge is 2.07. The van der Waals surface area contributed by atoms with Crippen molar-refractivity contribution in [1.29, 1.82) is 5.26 Å². The second-order valence-electron chi connectivity index (χ2n) is 3.97. The highest BCUT2D eigenvalue weighted by molar-refractivity contribution is 7.84. The van der Waals surface area contributed by atoms with E-state index in [2.05, 4.69) is 16.4 Å². The summed E-state index contributed by atoms with van der Waals surface area (Å²) in [5.74, 6) is 1.30. The first-order valence-corrected chi connectivity index (χ1v) is 7.19. The molecule has 0 radical (unpaired) electrons. The number of pyridine rings is 1. The lowest BCUT2D eigenvalue weighted by Gasteiger charge is -2.09. The zero-order chi connectivity index (χ0) is 12.8. The van der Waals surface area contributed by atoms with Gasteiger partial charge in [0.15, 0.2) is 0 Å². The van der Waals surface area contributed by atoms with Gasteiger partial charge in [0.1, 0.15) is 11.9 Å². The Morgan fingerprint density at radius 3 is 2.82 bits per heavy atom. The van der Waals surface area contributed by atoms with Gasteiger partial charge >= 0.3 is 0 Å². The average molecular weight is 251 g/mol. The zero-order valence-corrected chi connectivity index (χ0v) is 11.2. The number of nitrogens with one attached hydrogen (secondary N) is 1. The van der Waals surface area contributed by atoms with Crippen LogP contribution in [0.3, 0.4) is 0 Å². The Morgan fingerprint density at radius 1 is 1.53 bits per heavy atom. The fraction of sp³-hybridized carbons (Fsp3) is 0.500. The quantitative estimate of drug-likeness (QED) is 0.810. The number of anilines is 1. The molecule has 0 saturated heterocycles. The number of nitriles is 1. The molecule has 92 valence electrons. The van der Waals surface area contributed by atoms with Crippen LogP contribution in [0.4, 0.5) is 5.82 Å². The van der Waals surface area contributed by atoms with E-state index in [4.69, 9.17) is 5.26 Å². The second kappa shape index (κ2) is 6.36. The number of nitrogens with zero attached hydrogens (tertiary/aromatic N) is 2. The molecule has 0 aliphatic heterocycles. The molecule has 1 aromatic rings. The first-order valence-electron chi connectivity index (χ1n) is 5.47. The lowest BCUT2D eigenvalue weighted by atomic mass is 10.1. The van der Waals surface area contributed by atoms with E-state index in [0.29, 0.717) is 23.7 Å². The van der Waals surface area contributed by atoms with Crippen LogP contribution in [-0.2, 0) is 10.8 Å². The van der Waals surface area contributed by atoms with Crippen LogP contribution in [0.2, 0.25) is 0 Å². The lowest BCUT2D eigenvalue weighted by Crippen LogP contribution is -2.09. The SMILES string of the molecule is Cc1cc(C)c(C#N)c(NCCCS(C)=O)n1. The third kappa shape index (κ3) is 4.16. The molecule has 1 heterocycles. The second-order valence-corrected chi connectivity index (χ2v) is 5.53. The average Bonchev–Trinajstić information content (AvgIpc) is 2.23. The number of aromatic nitrogens is 1. The van der Waals surface area contributed by atoms with Crippen LogP contribution in [0, 0.1) is 25.2 Å². The molecule has 5 heteroatoms. The van der Waals surface area contributed by atoms with Crippen LogP contribution in [0.1, 0.15) is 23.2 Å². The molecule has 1 aromatic heterocycles. The monoisotopic (exact) mass is 251 g/mol. The van der Waals surface area contributed by atoms with Crippen molar-refractivity contribution in [1.82, 2.24) is 4.98 Å².